The number of ether oxygens (including phenoxy) is 1. The molecule has 4 rings (SSSR count). The van der Waals surface area contributed by atoms with Crippen LogP contribution in [-0.4, -0.2) is 85.1 Å². The normalized spacial score (nSPS) is 20.8. The van der Waals surface area contributed by atoms with Gasteiger partial charge in [-0.15, -0.1) is 5.43 Å². The maximum Gasteiger partial charge on any atom is 0.331 e. The van der Waals surface area contributed by atoms with Crippen LogP contribution < -0.4 is 15.5 Å². The van der Waals surface area contributed by atoms with Crippen molar-refractivity contribution < 1.29 is 22.4 Å². The molecule has 11 nitrogen and oxygen atoms in total. The summed E-state index contributed by atoms with van der Waals surface area (Å²) in [5, 5.41) is 3.01. The van der Waals surface area contributed by atoms with E-state index in [1.807, 2.05) is 7.05 Å². The van der Waals surface area contributed by atoms with E-state index in [1.54, 1.807) is 13.2 Å². The maximum atomic E-state index is 15.1. The molecule has 0 radical (unpaired) electrons. The van der Waals surface area contributed by atoms with Gasteiger partial charge in [-0.25, -0.2) is 22.7 Å². The fourth-order valence-corrected chi connectivity index (χ4v) is 6.41. The number of nitrogens with one attached hydrogen (secondary N) is 2. The molecule has 1 aromatic carbocycles. The maximum absolute atomic E-state index is 15.1. The molecule has 2 N–H and O–H groups in total. The third-order valence-corrected chi connectivity index (χ3v) is 9.61. The molecule has 1 aliphatic carbocycles. The Kier molecular flexibility index (Phi) is 9.40. The fraction of sp³-hybridized carbons (Fsp3) is 0.600. The number of rotatable bonds is 10. The van der Waals surface area contributed by atoms with E-state index in [1.165, 1.54) is 29.8 Å². The summed E-state index contributed by atoms with van der Waals surface area (Å²) < 4.78 is 46.9. The van der Waals surface area contributed by atoms with Crippen LogP contribution in [0.2, 0.25) is 0 Å². The molecule has 1 aliphatic heterocycles. The molecule has 1 aromatic heterocycles. The Bertz CT molecular complexity index is 1310. The molecular weight excluding hydrogens is 593 g/mol. The molecule has 1 saturated carbocycles. The topological polar surface area (TPSA) is 120 Å². The first kappa shape index (κ1) is 29.6. The van der Waals surface area contributed by atoms with Gasteiger partial charge >= 0.3 is 5.69 Å². The van der Waals surface area contributed by atoms with Crippen molar-refractivity contribution in [3.8, 4) is 5.75 Å². The molecule has 1 saturated heterocycles. The second-order valence-corrected chi connectivity index (χ2v) is 13.3. The smallest absolute Gasteiger partial charge is 0.331 e. The Hall–Kier alpha value is -2.42. The predicted molar refractivity (Wildman–Crippen MR) is 150 cm³/mol. The van der Waals surface area contributed by atoms with Gasteiger partial charge in [-0.1, -0.05) is 6.42 Å². The monoisotopic (exact) mass is 628 g/mol. The summed E-state index contributed by atoms with van der Waals surface area (Å²) in [5.74, 6) is -0.122. The first-order chi connectivity index (χ1) is 18.5. The molecule has 14 heteroatoms. The zero-order valence-electron chi connectivity index (χ0n) is 22.7. The van der Waals surface area contributed by atoms with E-state index in [-0.39, 0.29) is 41.1 Å². The van der Waals surface area contributed by atoms with Gasteiger partial charge < -0.3 is 15.0 Å². The number of halogens is 2. The number of nitroso groups, excluding NO2 is 1. The van der Waals surface area contributed by atoms with Crippen molar-refractivity contribution in [2.24, 2.45) is 5.92 Å². The number of likely N-dealkylation sites (tertiary alicyclic amines) is 1. The standard InChI is InChI=1S/C25H36BrFN7O4S/c1-32-10-8-17(9-11-32)31-34(35)23-14-24(38-3)21(13-19(23)27)30-25-28-15-18(26)20(29-25)12-16-6-5-7-22(16)33(2)39(4,36)37/h13-17,22H,5-12H2,1-4H3,(H,31,35)(H,28,29,30)/q+1/t16-,22+/m0/s1. The minimum atomic E-state index is -3.31. The lowest BCUT2D eigenvalue weighted by Gasteiger charge is -2.27. The second-order valence-electron chi connectivity index (χ2n) is 10.4. The third kappa shape index (κ3) is 7.21. The molecule has 0 amide bonds. The van der Waals surface area contributed by atoms with E-state index in [9.17, 15) is 13.3 Å². The van der Waals surface area contributed by atoms with Crippen molar-refractivity contribution in [2.75, 3.05) is 45.9 Å². The quantitative estimate of drug-likeness (QED) is 0.299. The van der Waals surface area contributed by atoms with Crippen LogP contribution in [0.25, 0.3) is 0 Å². The highest BCUT2D eigenvalue weighted by Gasteiger charge is 2.35. The van der Waals surface area contributed by atoms with Gasteiger partial charge in [0, 0.05) is 25.4 Å². The number of hydrazine groups is 1. The summed E-state index contributed by atoms with van der Waals surface area (Å²) in [6.07, 6.45) is 7.61. The van der Waals surface area contributed by atoms with Gasteiger partial charge in [0.1, 0.15) is 5.75 Å². The van der Waals surface area contributed by atoms with Gasteiger partial charge in [-0.3, -0.25) is 0 Å². The predicted octanol–water partition coefficient (Wildman–Crippen LogP) is 3.74. The van der Waals surface area contributed by atoms with E-state index in [4.69, 9.17) is 4.74 Å². The highest BCUT2D eigenvalue weighted by atomic mass is 79.9. The van der Waals surface area contributed by atoms with Crippen LogP contribution in [0, 0.1) is 16.6 Å². The molecule has 2 heterocycles. The molecule has 2 aromatic rings. The van der Waals surface area contributed by atoms with Gasteiger partial charge in [-0.2, -0.15) is 4.39 Å². The average molecular weight is 630 g/mol. The average Bonchev–Trinajstić information content (AvgIpc) is 3.34. The highest BCUT2D eigenvalue weighted by Crippen LogP contribution is 2.36. The first-order valence-electron chi connectivity index (χ1n) is 13.0. The van der Waals surface area contributed by atoms with Crippen LogP contribution >= 0.6 is 15.9 Å². The number of nitrogens with zero attached hydrogens (tertiary/aromatic N) is 5. The van der Waals surface area contributed by atoms with E-state index in [0.29, 0.717) is 15.8 Å². The molecule has 2 aliphatic rings. The van der Waals surface area contributed by atoms with E-state index >= 15 is 4.39 Å². The SMILES string of the molecule is COc1cc([N+](=O)NC2CCN(C)CC2)c(F)cc1Nc1ncc(Br)c(C[C@@H]2CCC[C@H]2N(C)S(C)(=O)=O)n1. The number of methoxy groups -OCH3 is 1. The first-order valence-corrected chi connectivity index (χ1v) is 15.6. The second kappa shape index (κ2) is 12.4. The van der Waals surface area contributed by atoms with Crippen LogP contribution in [0.3, 0.4) is 0 Å². The van der Waals surface area contributed by atoms with E-state index in [2.05, 4.69) is 41.5 Å². The van der Waals surface area contributed by atoms with Crippen LogP contribution in [0.1, 0.15) is 37.8 Å². The Labute approximate surface area is 237 Å². The molecule has 2 fully saturated rings. The Morgan fingerprint density at radius 1 is 1.26 bits per heavy atom. The van der Waals surface area contributed by atoms with Gasteiger partial charge in [0.25, 0.3) is 0 Å². The molecule has 0 spiro atoms. The van der Waals surface area contributed by atoms with Gasteiger partial charge in [0.15, 0.2) is 4.87 Å². The molecule has 0 bridgehead atoms. The molecule has 214 valence electrons. The number of benzene rings is 1. The Balaban J connectivity index is 1.50. The lowest BCUT2D eigenvalue weighted by atomic mass is 9.97. The van der Waals surface area contributed by atoms with Gasteiger partial charge in [0.2, 0.25) is 21.8 Å². The zero-order chi connectivity index (χ0) is 28.3. The summed E-state index contributed by atoms with van der Waals surface area (Å²) in [6, 6.07) is 2.40. The molecule has 0 unspecified atom stereocenters. The van der Waals surface area contributed by atoms with Crippen LogP contribution in [0.5, 0.6) is 5.75 Å². The molecular formula is C25H36BrFN7O4S+. The minimum absolute atomic E-state index is 0.0341. The number of piperidine rings is 1. The number of sulfonamides is 1. The van der Waals surface area contributed by atoms with Crippen molar-refractivity contribution in [1.29, 1.82) is 0 Å². The van der Waals surface area contributed by atoms with Crippen LogP contribution in [-0.2, 0) is 16.4 Å². The Morgan fingerprint density at radius 3 is 2.64 bits per heavy atom. The van der Waals surface area contributed by atoms with Crippen molar-refractivity contribution in [2.45, 2.75) is 50.6 Å². The lowest BCUT2D eigenvalue weighted by Crippen LogP contribution is -2.43. The zero-order valence-corrected chi connectivity index (χ0v) is 25.1. The minimum Gasteiger partial charge on any atom is -0.494 e. The van der Waals surface area contributed by atoms with Crippen LogP contribution in [0.15, 0.2) is 22.8 Å². The summed E-state index contributed by atoms with van der Waals surface area (Å²) in [4.78, 5) is 24.3. The van der Waals surface area contributed by atoms with Crippen molar-refractivity contribution >= 4 is 43.3 Å². The number of anilines is 2. The Morgan fingerprint density at radius 2 is 1.97 bits per heavy atom. The summed E-state index contributed by atoms with van der Waals surface area (Å²) in [7, 11) is 1.78. The molecule has 39 heavy (non-hydrogen) atoms. The number of hydrogen-bond donors (Lipinski definition) is 2. The number of hydrogen-bond acceptors (Lipinski definition) is 8. The van der Waals surface area contributed by atoms with Crippen LogP contribution in [0.4, 0.5) is 21.7 Å². The summed E-state index contributed by atoms with van der Waals surface area (Å²) in [5.41, 5.74) is 3.67. The van der Waals surface area contributed by atoms with Gasteiger partial charge in [0.05, 0.1) is 46.2 Å². The largest absolute Gasteiger partial charge is 0.494 e. The van der Waals surface area contributed by atoms with Crippen molar-refractivity contribution in [3.05, 3.63) is 39.2 Å². The number of aromatic nitrogens is 2. The van der Waals surface area contributed by atoms with E-state index in [0.717, 1.165) is 50.9 Å². The van der Waals surface area contributed by atoms with Crippen molar-refractivity contribution in [1.82, 2.24) is 24.6 Å². The highest BCUT2D eigenvalue weighted by molar-refractivity contribution is 9.10. The van der Waals surface area contributed by atoms with Crippen molar-refractivity contribution in [3.63, 3.8) is 0 Å². The fourth-order valence-electron chi connectivity index (χ4n) is 5.29. The summed E-state index contributed by atoms with van der Waals surface area (Å²) in [6.45, 7) is 1.73. The summed E-state index contributed by atoms with van der Waals surface area (Å²) >= 11 is 3.51. The third-order valence-electron chi connectivity index (χ3n) is 7.63. The molecule has 2 atom stereocenters. The van der Waals surface area contributed by atoms with E-state index < -0.39 is 15.8 Å². The van der Waals surface area contributed by atoms with Gasteiger partial charge in [-0.05, 0) is 74.1 Å². The lowest BCUT2D eigenvalue weighted by molar-refractivity contribution is -0.538.